The quantitative estimate of drug-likeness (QED) is 0.556. The van der Waals surface area contributed by atoms with Crippen LogP contribution in [-0.4, -0.2) is 54.6 Å². The molecule has 0 unspecified atom stereocenters. The summed E-state index contributed by atoms with van der Waals surface area (Å²) < 4.78 is 27.1. The van der Waals surface area contributed by atoms with Gasteiger partial charge in [0.1, 0.15) is 0 Å². The molecule has 1 amide bonds. The lowest BCUT2D eigenvalue weighted by atomic mass is 10.2. The summed E-state index contributed by atoms with van der Waals surface area (Å²) in [6.07, 6.45) is 0.306. The van der Waals surface area contributed by atoms with Gasteiger partial charge in [0.25, 0.3) is 5.69 Å². The second kappa shape index (κ2) is 7.75. The predicted octanol–water partition coefficient (Wildman–Crippen LogP) is 2.04. The second-order valence-electron chi connectivity index (χ2n) is 6.30. The zero-order valence-corrected chi connectivity index (χ0v) is 16.3. The number of piperazine rings is 1. The fourth-order valence-electron chi connectivity index (χ4n) is 2.98. The molecule has 0 spiro atoms. The van der Waals surface area contributed by atoms with Gasteiger partial charge in [-0.2, -0.15) is 15.6 Å². The first-order valence-electron chi connectivity index (χ1n) is 8.33. The maximum atomic E-state index is 12.9. The monoisotopic (exact) mass is 409 g/mol. The molecule has 1 aliphatic heterocycles. The van der Waals surface area contributed by atoms with Crippen molar-refractivity contribution in [1.29, 1.82) is 0 Å². The van der Waals surface area contributed by atoms with E-state index in [4.69, 9.17) is 0 Å². The van der Waals surface area contributed by atoms with Crippen LogP contribution < -0.4 is 0 Å². The van der Waals surface area contributed by atoms with Gasteiger partial charge in [0.05, 0.1) is 16.2 Å². The summed E-state index contributed by atoms with van der Waals surface area (Å²) in [6, 6.07) is 5.72. The molecule has 1 saturated heterocycles. The number of nitrogens with zero attached hydrogens (tertiary/aromatic N) is 3. The molecule has 0 N–H and O–H groups in total. The lowest BCUT2D eigenvalue weighted by molar-refractivity contribution is -0.385. The van der Waals surface area contributed by atoms with E-state index in [9.17, 15) is 23.3 Å². The van der Waals surface area contributed by atoms with Crippen molar-refractivity contribution in [3.05, 3.63) is 56.3 Å². The molecule has 1 aromatic carbocycles. The zero-order valence-electron chi connectivity index (χ0n) is 14.7. The van der Waals surface area contributed by atoms with Crippen molar-refractivity contribution < 1.29 is 18.1 Å². The first-order valence-corrected chi connectivity index (χ1v) is 10.7. The van der Waals surface area contributed by atoms with Crippen LogP contribution in [0.15, 0.2) is 39.9 Å². The normalized spacial score (nSPS) is 15.7. The van der Waals surface area contributed by atoms with E-state index in [1.165, 1.54) is 27.8 Å². The standard InChI is InChI=1S/C17H19N3O5S2/c1-13-2-3-15(20(22)23)11-16(13)27(24,25)19-7-5-18(6-8-19)17(21)10-14-4-9-26-12-14/h2-4,9,11-12H,5-8,10H2,1H3. The highest BCUT2D eigenvalue weighted by Crippen LogP contribution is 2.25. The molecular weight excluding hydrogens is 390 g/mol. The minimum Gasteiger partial charge on any atom is -0.340 e. The lowest BCUT2D eigenvalue weighted by Gasteiger charge is -2.34. The van der Waals surface area contributed by atoms with Crippen molar-refractivity contribution in [2.24, 2.45) is 0 Å². The van der Waals surface area contributed by atoms with E-state index in [-0.39, 0.29) is 29.6 Å². The Balaban J connectivity index is 1.70. The number of nitro benzene ring substituents is 1. The van der Waals surface area contributed by atoms with Gasteiger partial charge >= 0.3 is 0 Å². The first kappa shape index (κ1) is 19.5. The molecule has 1 fully saturated rings. The third kappa shape index (κ3) is 4.18. The highest BCUT2D eigenvalue weighted by Gasteiger charge is 2.32. The van der Waals surface area contributed by atoms with E-state index in [2.05, 4.69) is 0 Å². The van der Waals surface area contributed by atoms with E-state index in [0.717, 1.165) is 11.6 Å². The predicted molar refractivity (Wildman–Crippen MR) is 101 cm³/mol. The van der Waals surface area contributed by atoms with Gasteiger partial charge in [0.2, 0.25) is 15.9 Å². The molecule has 3 rings (SSSR count). The van der Waals surface area contributed by atoms with Crippen LogP contribution in [0.3, 0.4) is 0 Å². The van der Waals surface area contributed by atoms with E-state index >= 15 is 0 Å². The van der Waals surface area contributed by atoms with Crippen LogP contribution in [0.4, 0.5) is 5.69 Å². The number of hydrogen-bond acceptors (Lipinski definition) is 6. The highest BCUT2D eigenvalue weighted by molar-refractivity contribution is 7.89. The molecule has 144 valence electrons. The topological polar surface area (TPSA) is 101 Å². The van der Waals surface area contributed by atoms with Gasteiger partial charge in [-0.25, -0.2) is 8.42 Å². The van der Waals surface area contributed by atoms with E-state index in [1.54, 1.807) is 11.8 Å². The maximum Gasteiger partial charge on any atom is 0.270 e. The first-order chi connectivity index (χ1) is 12.8. The number of rotatable bonds is 5. The Morgan fingerprint density at radius 1 is 1.22 bits per heavy atom. The largest absolute Gasteiger partial charge is 0.340 e. The SMILES string of the molecule is Cc1ccc([N+](=O)[O-])cc1S(=O)(=O)N1CCN(C(=O)Cc2ccsc2)CC1. The van der Waals surface area contributed by atoms with Gasteiger partial charge in [-0.15, -0.1) is 0 Å². The van der Waals surface area contributed by atoms with Gasteiger partial charge in [0, 0.05) is 38.3 Å². The van der Waals surface area contributed by atoms with Gasteiger partial charge in [-0.05, 0) is 34.9 Å². The summed E-state index contributed by atoms with van der Waals surface area (Å²) in [5.74, 6) is -0.0306. The van der Waals surface area contributed by atoms with E-state index < -0.39 is 14.9 Å². The zero-order chi connectivity index (χ0) is 19.6. The third-order valence-electron chi connectivity index (χ3n) is 4.53. The number of sulfonamides is 1. The Hall–Kier alpha value is -2.30. The number of hydrogen-bond donors (Lipinski definition) is 0. The summed E-state index contributed by atoms with van der Waals surface area (Å²) in [4.78, 5) is 24.3. The van der Waals surface area contributed by atoms with Crippen molar-refractivity contribution in [3.8, 4) is 0 Å². The summed E-state index contributed by atoms with van der Waals surface area (Å²) in [5.41, 5.74) is 1.15. The van der Waals surface area contributed by atoms with Crippen molar-refractivity contribution >= 4 is 33.0 Å². The number of carbonyl (C=O) groups is 1. The van der Waals surface area contributed by atoms with E-state index in [0.29, 0.717) is 25.1 Å². The molecule has 10 heteroatoms. The van der Waals surface area contributed by atoms with Crippen molar-refractivity contribution in [1.82, 2.24) is 9.21 Å². The summed E-state index contributed by atoms with van der Waals surface area (Å²) in [7, 11) is -3.86. The lowest BCUT2D eigenvalue weighted by Crippen LogP contribution is -2.50. The molecule has 1 aliphatic rings. The average molecular weight is 409 g/mol. The van der Waals surface area contributed by atoms with Crippen LogP contribution >= 0.6 is 11.3 Å². The van der Waals surface area contributed by atoms with Crippen molar-refractivity contribution in [3.63, 3.8) is 0 Å². The van der Waals surface area contributed by atoms with Crippen LogP contribution in [0, 0.1) is 17.0 Å². The minimum absolute atomic E-state index is 0.0306. The van der Waals surface area contributed by atoms with Crippen molar-refractivity contribution in [2.75, 3.05) is 26.2 Å². The number of non-ortho nitro benzene ring substituents is 1. The molecule has 8 nitrogen and oxygen atoms in total. The Morgan fingerprint density at radius 2 is 1.93 bits per heavy atom. The molecule has 0 radical (unpaired) electrons. The Morgan fingerprint density at radius 3 is 2.52 bits per heavy atom. The Bertz CT molecular complexity index is 949. The van der Waals surface area contributed by atoms with Crippen LogP contribution in [0.5, 0.6) is 0 Å². The number of aryl methyl sites for hydroxylation is 1. The third-order valence-corrected chi connectivity index (χ3v) is 7.30. The molecule has 0 bridgehead atoms. The highest BCUT2D eigenvalue weighted by atomic mass is 32.2. The van der Waals surface area contributed by atoms with Gasteiger partial charge < -0.3 is 4.90 Å². The molecule has 0 saturated carbocycles. The fourth-order valence-corrected chi connectivity index (χ4v) is 5.31. The molecule has 2 heterocycles. The van der Waals surface area contributed by atoms with Crippen LogP contribution in [0.25, 0.3) is 0 Å². The molecular formula is C17H19N3O5S2. The van der Waals surface area contributed by atoms with Crippen LogP contribution in [0.1, 0.15) is 11.1 Å². The second-order valence-corrected chi connectivity index (χ2v) is 8.99. The Labute approximate surface area is 161 Å². The summed E-state index contributed by atoms with van der Waals surface area (Å²) in [6.45, 7) is 2.54. The van der Waals surface area contributed by atoms with E-state index in [1.807, 2.05) is 16.8 Å². The van der Waals surface area contributed by atoms with Gasteiger partial charge in [0.15, 0.2) is 0 Å². The number of carbonyl (C=O) groups excluding carboxylic acids is 1. The number of nitro groups is 1. The summed E-state index contributed by atoms with van der Waals surface area (Å²) in [5, 5.41) is 14.8. The maximum absolute atomic E-state index is 12.9. The molecule has 1 aromatic heterocycles. The number of thiophene rings is 1. The smallest absolute Gasteiger partial charge is 0.270 e. The number of amides is 1. The number of benzene rings is 1. The van der Waals surface area contributed by atoms with Gasteiger partial charge in [-0.3, -0.25) is 14.9 Å². The Kier molecular flexibility index (Phi) is 5.59. The fraction of sp³-hybridized carbons (Fsp3) is 0.353. The molecule has 27 heavy (non-hydrogen) atoms. The summed E-state index contributed by atoms with van der Waals surface area (Å²) >= 11 is 1.53. The molecule has 2 aromatic rings. The van der Waals surface area contributed by atoms with Crippen LogP contribution in [-0.2, 0) is 21.2 Å². The molecule has 0 aliphatic carbocycles. The van der Waals surface area contributed by atoms with Crippen LogP contribution in [0.2, 0.25) is 0 Å². The van der Waals surface area contributed by atoms with Crippen molar-refractivity contribution in [2.45, 2.75) is 18.2 Å². The van der Waals surface area contributed by atoms with Gasteiger partial charge in [-0.1, -0.05) is 6.07 Å². The molecule has 0 atom stereocenters. The minimum atomic E-state index is -3.86. The average Bonchev–Trinajstić information content (AvgIpc) is 3.14.